The van der Waals surface area contributed by atoms with Gasteiger partial charge in [0.15, 0.2) is 0 Å². The number of benzene rings is 2. The van der Waals surface area contributed by atoms with E-state index in [9.17, 15) is 18.0 Å². The van der Waals surface area contributed by atoms with Crippen molar-refractivity contribution in [3.63, 3.8) is 0 Å². The molecule has 1 atom stereocenters. The second-order valence-electron chi connectivity index (χ2n) is 6.76. The quantitative estimate of drug-likeness (QED) is 0.831. The van der Waals surface area contributed by atoms with Gasteiger partial charge in [-0.05, 0) is 43.2 Å². The zero-order chi connectivity index (χ0) is 19.9. The summed E-state index contributed by atoms with van der Waals surface area (Å²) < 4.78 is 23.6. The van der Waals surface area contributed by atoms with Crippen LogP contribution in [0.2, 0.25) is 0 Å². The van der Waals surface area contributed by atoms with Crippen LogP contribution in [0.3, 0.4) is 0 Å². The van der Waals surface area contributed by atoms with Crippen LogP contribution in [0.5, 0.6) is 0 Å². The number of fused-ring (bicyclic) bond motifs is 1. The monoisotopic (exact) mass is 387 g/mol. The minimum absolute atomic E-state index is 0.0143. The fourth-order valence-electron chi connectivity index (χ4n) is 3.19. The van der Waals surface area contributed by atoms with Crippen LogP contribution in [0.15, 0.2) is 41.3 Å². The molecule has 2 amide bonds. The molecule has 8 heteroatoms. The zero-order valence-corrected chi connectivity index (χ0v) is 16.1. The van der Waals surface area contributed by atoms with E-state index in [0.29, 0.717) is 6.42 Å². The normalized spacial score (nSPS) is 14.8. The topological polar surface area (TPSA) is 110 Å². The second kappa shape index (κ2) is 6.79. The van der Waals surface area contributed by atoms with Gasteiger partial charge in [-0.15, -0.1) is 0 Å². The molecule has 3 rings (SSSR count). The van der Waals surface area contributed by atoms with Crippen LogP contribution in [-0.2, 0) is 21.2 Å². The standard InChI is InChI=1S/C19H21N3O4S/c1-11-4-7-17(27(20,25)26)15(8-11)19(24)21-12(2)13-5-6-16-14(9-13)10-18(23)22(16)3/h4-9,12H,10H2,1-3H3,(H,21,24)(H2,20,25,26). The van der Waals surface area contributed by atoms with Gasteiger partial charge in [0.1, 0.15) is 0 Å². The fourth-order valence-corrected chi connectivity index (χ4v) is 3.90. The van der Waals surface area contributed by atoms with Crippen molar-refractivity contribution in [1.29, 1.82) is 0 Å². The SMILES string of the molecule is Cc1ccc(S(N)(=O)=O)c(C(=O)NC(C)c2ccc3c(c2)CC(=O)N3C)c1. The first-order valence-electron chi connectivity index (χ1n) is 8.41. The molecule has 0 aliphatic carbocycles. The Hall–Kier alpha value is -2.71. The van der Waals surface area contributed by atoms with Gasteiger partial charge < -0.3 is 10.2 Å². The number of carbonyl (C=O) groups is 2. The van der Waals surface area contributed by atoms with Crippen LogP contribution in [0.4, 0.5) is 5.69 Å². The molecule has 0 spiro atoms. The molecule has 0 aromatic heterocycles. The summed E-state index contributed by atoms with van der Waals surface area (Å²) in [5.41, 5.74) is 3.36. The zero-order valence-electron chi connectivity index (χ0n) is 15.3. The summed E-state index contributed by atoms with van der Waals surface area (Å²) in [6.45, 7) is 3.56. The van der Waals surface area contributed by atoms with E-state index in [2.05, 4.69) is 5.32 Å². The maximum Gasteiger partial charge on any atom is 0.253 e. The molecule has 2 aromatic carbocycles. The number of nitrogens with two attached hydrogens (primary N) is 1. The first-order valence-corrected chi connectivity index (χ1v) is 9.96. The summed E-state index contributed by atoms with van der Waals surface area (Å²) in [5.74, 6) is -0.500. The molecule has 0 saturated carbocycles. The Balaban J connectivity index is 1.87. The number of nitrogens with one attached hydrogen (secondary N) is 1. The van der Waals surface area contributed by atoms with Crippen LogP contribution in [-0.4, -0.2) is 27.3 Å². The summed E-state index contributed by atoms with van der Waals surface area (Å²) in [5, 5.41) is 8.04. The summed E-state index contributed by atoms with van der Waals surface area (Å²) in [7, 11) is -2.29. The van der Waals surface area contributed by atoms with E-state index in [-0.39, 0.29) is 22.4 Å². The third-order valence-corrected chi connectivity index (χ3v) is 5.68. The third kappa shape index (κ3) is 3.72. The smallest absolute Gasteiger partial charge is 0.253 e. The summed E-state index contributed by atoms with van der Waals surface area (Å²) in [6.07, 6.45) is 0.327. The lowest BCUT2D eigenvalue weighted by Gasteiger charge is -2.17. The summed E-state index contributed by atoms with van der Waals surface area (Å²) >= 11 is 0. The average Bonchev–Trinajstić information content (AvgIpc) is 2.87. The summed E-state index contributed by atoms with van der Waals surface area (Å²) in [4.78, 5) is 25.9. The lowest BCUT2D eigenvalue weighted by Crippen LogP contribution is -2.29. The van der Waals surface area contributed by atoms with E-state index in [1.807, 2.05) is 18.2 Å². The number of likely N-dealkylation sites (N-methyl/N-ethyl adjacent to an activating group) is 1. The number of primary sulfonamides is 1. The van der Waals surface area contributed by atoms with Crippen LogP contribution in [0.25, 0.3) is 0 Å². The van der Waals surface area contributed by atoms with Gasteiger partial charge in [0.05, 0.1) is 22.9 Å². The minimum atomic E-state index is -4.02. The first-order chi connectivity index (χ1) is 12.6. The minimum Gasteiger partial charge on any atom is -0.345 e. The van der Waals surface area contributed by atoms with Gasteiger partial charge in [0.2, 0.25) is 15.9 Å². The Morgan fingerprint density at radius 2 is 1.93 bits per heavy atom. The van der Waals surface area contributed by atoms with Gasteiger partial charge in [-0.2, -0.15) is 0 Å². The van der Waals surface area contributed by atoms with E-state index in [1.54, 1.807) is 31.9 Å². The number of amides is 2. The van der Waals surface area contributed by atoms with Gasteiger partial charge in [0.25, 0.3) is 5.91 Å². The van der Waals surface area contributed by atoms with Crippen LogP contribution in [0.1, 0.15) is 40.0 Å². The van der Waals surface area contributed by atoms with Crippen LogP contribution in [0, 0.1) is 6.92 Å². The van der Waals surface area contributed by atoms with E-state index < -0.39 is 15.9 Å². The molecule has 2 aromatic rings. The predicted octanol–water partition coefficient (Wildman–Crippen LogP) is 1.65. The molecular weight excluding hydrogens is 366 g/mol. The number of rotatable bonds is 4. The van der Waals surface area contributed by atoms with E-state index >= 15 is 0 Å². The van der Waals surface area contributed by atoms with Crippen LogP contribution < -0.4 is 15.4 Å². The number of hydrogen-bond acceptors (Lipinski definition) is 4. The largest absolute Gasteiger partial charge is 0.345 e. The van der Waals surface area contributed by atoms with Crippen molar-refractivity contribution in [2.24, 2.45) is 5.14 Å². The Bertz CT molecular complexity index is 1050. The summed E-state index contributed by atoms with van der Waals surface area (Å²) in [6, 6.07) is 9.62. The van der Waals surface area contributed by atoms with Crippen molar-refractivity contribution < 1.29 is 18.0 Å². The molecule has 0 radical (unpaired) electrons. The molecule has 142 valence electrons. The van der Waals surface area contributed by atoms with Gasteiger partial charge in [-0.1, -0.05) is 23.8 Å². The Labute approximate surface area is 158 Å². The van der Waals surface area contributed by atoms with Gasteiger partial charge in [-0.25, -0.2) is 13.6 Å². The number of carbonyl (C=O) groups excluding carboxylic acids is 2. The van der Waals surface area contributed by atoms with E-state index in [4.69, 9.17) is 5.14 Å². The highest BCUT2D eigenvalue weighted by molar-refractivity contribution is 7.89. The first kappa shape index (κ1) is 19.1. The highest BCUT2D eigenvalue weighted by Crippen LogP contribution is 2.30. The Kier molecular flexibility index (Phi) is 4.79. The Morgan fingerprint density at radius 1 is 1.22 bits per heavy atom. The highest BCUT2D eigenvalue weighted by atomic mass is 32.2. The van der Waals surface area contributed by atoms with Crippen molar-refractivity contribution >= 4 is 27.5 Å². The molecule has 0 bridgehead atoms. The lowest BCUT2D eigenvalue weighted by atomic mass is 10.0. The number of anilines is 1. The number of hydrogen-bond donors (Lipinski definition) is 2. The van der Waals surface area contributed by atoms with E-state index in [1.165, 1.54) is 12.1 Å². The van der Waals surface area contributed by atoms with Crippen LogP contribution >= 0.6 is 0 Å². The average molecular weight is 387 g/mol. The molecule has 1 aliphatic heterocycles. The van der Waals surface area contributed by atoms with Gasteiger partial charge in [0, 0.05) is 12.7 Å². The van der Waals surface area contributed by atoms with Gasteiger partial charge in [-0.3, -0.25) is 9.59 Å². The second-order valence-corrected chi connectivity index (χ2v) is 8.29. The van der Waals surface area contributed by atoms with Crippen molar-refractivity contribution in [1.82, 2.24) is 5.32 Å². The molecule has 0 saturated heterocycles. The van der Waals surface area contributed by atoms with Crippen molar-refractivity contribution in [3.05, 3.63) is 58.7 Å². The molecule has 1 aliphatic rings. The molecule has 1 unspecified atom stereocenters. The Morgan fingerprint density at radius 3 is 2.59 bits per heavy atom. The number of aryl methyl sites for hydroxylation is 1. The maximum atomic E-state index is 12.7. The maximum absolute atomic E-state index is 12.7. The van der Waals surface area contributed by atoms with Crippen molar-refractivity contribution in [2.75, 3.05) is 11.9 Å². The predicted molar refractivity (Wildman–Crippen MR) is 102 cm³/mol. The molecule has 27 heavy (non-hydrogen) atoms. The lowest BCUT2D eigenvalue weighted by molar-refractivity contribution is -0.117. The number of sulfonamides is 1. The molecule has 0 fully saturated rings. The van der Waals surface area contributed by atoms with Gasteiger partial charge >= 0.3 is 0 Å². The van der Waals surface area contributed by atoms with Crippen molar-refractivity contribution in [2.45, 2.75) is 31.2 Å². The molecule has 7 nitrogen and oxygen atoms in total. The molecule has 3 N–H and O–H groups in total. The highest BCUT2D eigenvalue weighted by Gasteiger charge is 2.25. The number of nitrogens with zero attached hydrogens (tertiary/aromatic N) is 1. The third-order valence-electron chi connectivity index (χ3n) is 4.71. The van der Waals surface area contributed by atoms with Crippen molar-refractivity contribution in [3.8, 4) is 0 Å². The fraction of sp³-hybridized carbons (Fsp3) is 0.263. The van der Waals surface area contributed by atoms with E-state index in [0.717, 1.165) is 22.4 Å². The molecule has 1 heterocycles. The molecular formula is C19H21N3O4S.